The molecule has 0 radical (unpaired) electrons. The van der Waals surface area contributed by atoms with Gasteiger partial charge < -0.3 is 5.11 Å². The Morgan fingerprint density at radius 2 is 1.21 bits per heavy atom. The maximum Gasteiger partial charge on any atom is 0.119 e. The molecule has 1 N–H and O–H groups in total. The number of phenols is 1. The predicted molar refractivity (Wildman–Crippen MR) is 127 cm³/mol. The lowest BCUT2D eigenvalue weighted by molar-refractivity contribution is 0.449. The zero-order valence-corrected chi connectivity index (χ0v) is 19.2. The first-order valence-corrected chi connectivity index (χ1v) is 11.9. The Balaban J connectivity index is 2.31. The minimum absolute atomic E-state index is 0.215. The van der Waals surface area contributed by atoms with Crippen LogP contribution in [-0.4, -0.2) is 5.11 Å². The zero-order valence-electron chi connectivity index (χ0n) is 19.2. The second kappa shape index (κ2) is 12.1. The number of hydrogen-bond acceptors (Lipinski definition) is 1. The van der Waals surface area contributed by atoms with Crippen LogP contribution in [0.15, 0.2) is 48.5 Å². The van der Waals surface area contributed by atoms with E-state index >= 15 is 0 Å². The van der Waals surface area contributed by atoms with E-state index in [1.54, 1.807) is 0 Å². The van der Waals surface area contributed by atoms with Crippen LogP contribution in [0, 0.1) is 0 Å². The highest BCUT2D eigenvalue weighted by Crippen LogP contribution is 2.42. The third-order valence-corrected chi connectivity index (χ3v) is 6.46. The smallest absolute Gasteiger partial charge is 0.119 e. The number of aromatic hydroxyl groups is 1. The van der Waals surface area contributed by atoms with Crippen LogP contribution in [0.4, 0.5) is 0 Å². The quantitative estimate of drug-likeness (QED) is 0.337. The van der Waals surface area contributed by atoms with Crippen LogP contribution in [0.5, 0.6) is 5.75 Å². The number of para-hydroxylation sites is 1. The van der Waals surface area contributed by atoms with Gasteiger partial charge in [-0.15, -0.1) is 0 Å². The fraction of sp³-hybridized carbons (Fsp3) is 0.571. The van der Waals surface area contributed by atoms with Crippen LogP contribution in [-0.2, 0) is 5.41 Å². The Morgan fingerprint density at radius 3 is 1.76 bits per heavy atom. The Kier molecular flexibility index (Phi) is 9.78. The summed E-state index contributed by atoms with van der Waals surface area (Å²) in [7, 11) is 0. The Bertz CT molecular complexity index is 704. The molecular weight excluding hydrogens is 352 g/mol. The molecule has 160 valence electrons. The van der Waals surface area contributed by atoms with Crippen molar-refractivity contribution < 1.29 is 5.11 Å². The SMILES string of the molecule is CCCCCCC(CCCCCC)c1ccccc1C(C)(C)c1ccccc1O. The van der Waals surface area contributed by atoms with Gasteiger partial charge in [-0.05, 0) is 36.0 Å². The summed E-state index contributed by atoms with van der Waals surface area (Å²) in [5, 5.41) is 10.5. The summed E-state index contributed by atoms with van der Waals surface area (Å²) in [4.78, 5) is 0. The molecule has 1 nitrogen and oxygen atoms in total. The maximum atomic E-state index is 10.5. The standard InChI is InChI=1S/C28H42O/c1-5-7-9-11-17-23(18-12-10-8-6-2)24-19-13-14-20-25(24)28(3,4)26-21-15-16-22-27(26)29/h13-16,19-23,29H,5-12,17-18H2,1-4H3. The summed E-state index contributed by atoms with van der Waals surface area (Å²) in [6.45, 7) is 9.08. The van der Waals surface area contributed by atoms with Crippen LogP contribution in [0.2, 0.25) is 0 Å². The first-order chi connectivity index (χ1) is 14.0. The van der Waals surface area contributed by atoms with Crippen LogP contribution >= 0.6 is 0 Å². The van der Waals surface area contributed by atoms with Gasteiger partial charge in [-0.3, -0.25) is 0 Å². The minimum Gasteiger partial charge on any atom is -0.508 e. The fourth-order valence-electron chi connectivity index (χ4n) is 4.66. The maximum absolute atomic E-state index is 10.5. The highest BCUT2D eigenvalue weighted by Gasteiger charge is 2.30. The normalized spacial score (nSPS) is 11.9. The van der Waals surface area contributed by atoms with Crippen LogP contribution in [0.1, 0.15) is 115 Å². The first kappa shape index (κ1) is 23.5. The molecule has 1 heteroatoms. The molecule has 2 aromatic carbocycles. The summed E-state index contributed by atoms with van der Waals surface area (Å²) >= 11 is 0. The summed E-state index contributed by atoms with van der Waals surface area (Å²) in [5.41, 5.74) is 3.67. The third kappa shape index (κ3) is 6.63. The number of benzene rings is 2. The molecule has 0 bridgehead atoms. The van der Waals surface area contributed by atoms with E-state index in [-0.39, 0.29) is 5.41 Å². The average molecular weight is 395 g/mol. The van der Waals surface area contributed by atoms with Crippen molar-refractivity contribution in [1.29, 1.82) is 0 Å². The van der Waals surface area contributed by atoms with Gasteiger partial charge in [-0.1, -0.05) is 122 Å². The van der Waals surface area contributed by atoms with E-state index in [0.717, 1.165) is 5.56 Å². The van der Waals surface area contributed by atoms with E-state index in [1.165, 1.54) is 75.3 Å². The van der Waals surface area contributed by atoms with Crippen LogP contribution in [0.25, 0.3) is 0 Å². The van der Waals surface area contributed by atoms with Crippen molar-refractivity contribution >= 4 is 0 Å². The lowest BCUT2D eigenvalue weighted by Crippen LogP contribution is -2.22. The first-order valence-electron chi connectivity index (χ1n) is 11.9. The van der Waals surface area contributed by atoms with Gasteiger partial charge in [-0.2, -0.15) is 0 Å². The highest BCUT2D eigenvalue weighted by atomic mass is 16.3. The minimum atomic E-state index is -0.215. The van der Waals surface area contributed by atoms with Gasteiger partial charge in [0, 0.05) is 11.0 Å². The van der Waals surface area contributed by atoms with Crippen molar-refractivity contribution in [3.8, 4) is 5.75 Å². The molecule has 29 heavy (non-hydrogen) atoms. The molecule has 0 spiro atoms. The van der Waals surface area contributed by atoms with Crippen molar-refractivity contribution in [2.75, 3.05) is 0 Å². The van der Waals surface area contributed by atoms with Gasteiger partial charge in [0.25, 0.3) is 0 Å². The second-order valence-corrected chi connectivity index (χ2v) is 9.12. The molecule has 0 aliphatic carbocycles. The van der Waals surface area contributed by atoms with Crippen molar-refractivity contribution in [3.63, 3.8) is 0 Å². The Labute approximate surface area is 179 Å². The van der Waals surface area contributed by atoms with Crippen LogP contribution < -0.4 is 0 Å². The van der Waals surface area contributed by atoms with Gasteiger partial charge in [0.2, 0.25) is 0 Å². The lowest BCUT2D eigenvalue weighted by Gasteiger charge is -2.32. The van der Waals surface area contributed by atoms with Crippen molar-refractivity contribution in [1.82, 2.24) is 0 Å². The van der Waals surface area contributed by atoms with Gasteiger partial charge in [0.05, 0.1) is 0 Å². The van der Waals surface area contributed by atoms with Gasteiger partial charge in [-0.25, -0.2) is 0 Å². The van der Waals surface area contributed by atoms with Crippen LogP contribution in [0.3, 0.4) is 0 Å². The van der Waals surface area contributed by atoms with Crippen molar-refractivity contribution in [2.24, 2.45) is 0 Å². The molecule has 2 rings (SSSR count). The molecule has 0 heterocycles. The van der Waals surface area contributed by atoms with E-state index in [2.05, 4.69) is 58.0 Å². The van der Waals surface area contributed by atoms with Gasteiger partial charge in [0.15, 0.2) is 0 Å². The Morgan fingerprint density at radius 1 is 0.690 bits per heavy atom. The van der Waals surface area contributed by atoms with Crippen molar-refractivity contribution in [3.05, 3.63) is 65.2 Å². The summed E-state index contributed by atoms with van der Waals surface area (Å²) in [6, 6.07) is 16.8. The number of rotatable bonds is 13. The topological polar surface area (TPSA) is 20.2 Å². The van der Waals surface area contributed by atoms with E-state index in [9.17, 15) is 5.11 Å². The number of phenolic OH excluding ortho intramolecular Hbond substituents is 1. The summed E-state index contributed by atoms with van der Waals surface area (Å²) in [6.07, 6.45) is 13.1. The van der Waals surface area contributed by atoms with E-state index in [4.69, 9.17) is 0 Å². The molecule has 0 unspecified atom stereocenters. The molecule has 0 amide bonds. The number of hydrogen-bond donors (Lipinski definition) is 1. The van der Waals surface area contributed by atoms with Gasteiger partial charge in [0.1, 0.15) is 5.75 Å². The van der Waals surface area contributed by atoms with Crippen molar-refractivity contribution in [2.45, 2.75) is 103 Å². The molecule has 0 atom stereocenters. The number of unbranched alkanes of at least 4 members (excludes halogenated alkanes) is 6. The zero-order chi connectivity index (χ0) is 21.1. The average Bonchev–Trinajstić information content (AvgIpc) is 2.73. The molecule has 0 aliphatic rings. The fourth-order valence-corrected chi connectivity index (χ4v) is 4.66. The molecule has 2 aromatic rings. The van der Waals surface area contributed by atoms with E-state index in [0.29, 0.717) is 11.7 Å². The molecule has 0 aromatic heterocycles. The van der Waals surface area contributed by atoms with Gasteiger partial charge >= 0.3 is 0 Å². The monoisotopic (exact) mass is 394 g/mol. The van der Waals surface area contributed by atoms with E-state index < -0.39 is 0 Å². The molecule has 0 saturated carbocycles. The molecule has 0 saturated heterocycles. The van der Waals surface area contributed by atoms with E-state index in [1.807, 2.05) is 18.2 Å². The third-order valence-electron chi connectivity index (χ3n) is 6.46. The molecular formula is C28H42O. The molecule has 0 fully saturated rings. The second-order valence-electron chi connectivity index (χ2n) is 9.12. The summed E-state index contributed by atoms with van der Waals surface area (Å²) < 4.78 is 0. The predicted octanol–water partition coefficient (Wildman–Crippen LogP) is 8.74. The molecule has 0 aliphatic heterocycles. The largest absolute Gasteiger partial charge is 0.508 e. The Hall–Kier alpha value is -1.76. The summed E-state index contributed by atoms with van der Waals surface area (Å²) in [5.74, 6) is 1.01. The highest BCUT2D eigenvalue weighted by molar-refractivity contribution is 5.48. The lowest BCUT2D eigenvalue weighted by atomic mass is 9.72.